The maximum Gasteiger partial charge on any atom is 0.214 e. The number of benzene rings is 1. The molecule has 0 unspecified atom stereocenters. The minimum absolute atomic E-state index is 0.0422. The maximum absolute atomic E-state index is 12.7. The molecule has 19 heavy (non-hydrogen) atoms. The average molecular weight is 258 g/mol. The summed E-state index contributed by atoms with van der Waals surface area (Å²) >= 11 is 0. The molecule has 0 saturated heterocycles. The summed E-state index contributed by atoms with van der Waals surface area (Å²) in [7, 11) is 0. The summed E-state index contributed by atoms with van der Waals surface area (Å²) in [5.74, 6) is -0.372. The summed E-state index contributed by atoms with van der Waals surface area (Å²) < 4.78 is 12.7. The lowest BCUT2D eigenvalue weighted by Gasteiger charge is -2.17. The van der Waals surface area contributed by atoms with Crippen LogP contribution in [0.1, 0.15) is 0 Å². The zero-order valence-electron chi connectivity index (χ0n) is 10.0. The number of hydrogen-bond acceptors (Lipinski definition) is 4. The molecular weight excluding hydrogens is 247 g/mol. The van der Waals surface area contributed by atoms with E-state index in [1.165, 1.54) is 35.4 Å². The number of carbonyl (C=O) groups excluding carboxylic acids is 1. The van der Waals surface area contributed by atoms with Gasteiger partial charge in [0.1, 0.15) is 23.5 Å². The molecule has 0 atom stereocenters. The number of nitrogens with zero attached hydrogens (tertiary/aromatic N) is 3. The molecule has 0 radical (unpaired) electrons. The van der Waals surface area contributed by atoms with E-state index in [9.17, 15) is 9.18 Å². The molecule has 0 fully saturated rings. The van der Waals surface area contributed by atoms with Gasteiger partial charge in [-0.25, -0.2) is 4.39 Å². The van der Waals surface area contributed by atoms with E-state index < -0.39 is 0 Å². The number of hydrogen-bond donors (Lipinski definition) is 1. The van der Waals surface area contributed by atoms with Crippen molar-refractivity contribution in [3.63, 3.8) is 0 Å². The Kier molecular flexibility index (Phi) is 5.58. The van der Waals surface area contributed by atoms with Crippen molar-refractivity contribution in [1.29, 1.82) is 10.5 Å². The largest absolute Gasteiger partial charge is 0.387 e. The number of nitrogens with one attached hydrogen (secondary N) is 1. The van der Waals surface area contributed by atoms with E-state index in [1.54, 1.807) is 12.1 Å². The van der Waals surface area contributed by atoms with Gasteiger partial charge in [-0.05, 0) is 24.3 Å². The van der Waals surface area contributed by atoms with Gasteiger partial charge in [-0.15, -0.1) is 0 Å². The van der Waals surface area contributed by atoms with Crippen LogP contribution in [-0.4, -0.2) is 19.5 Å². The molecular formula is C13H11FN4O. The van der Waals surface area contributed by atoms with Gasteiger partial charge in [-0.1, -0.05) is 0 Å². The summed E-state index contributed by atoms with van der Waals surface area (Å²) in [6, 6.07) is 8.93. The number of allylic oxidation sites excluding steroid dienone is 1. The Hall–Kier alpha value is -2.86. The van der Waals surface area contributed by atoms with Crippen molar-refractivity contribution in [1.82, 2.24) is 5.32 Å². The van der Waals surface area contributed by atoms with Crippen molar-refractivity contribution < 1.29 is 9.18 Å². The summed E-state index contributed by atoms with van der Waals surface area (Å²) in [5.41, 5.74) is 0.530. The first-order valence-corrected chi connectivity index (χ1v) is 5.42. The van der Waals surface area contributed by atoms with Crippen LogP contribution in [0.15, 0.2) is 36.0 Å². The number of carbonyl (C=O) groups is 1. The highest BCUT2D eigenvalue weighted by Gasteiger charge is 2.04. The predicted molar refractivity (Wildman–Crippen MR) is 67.1 cm³/mol. The van der Waals surface area contributed by atoms with Crippen LogP contribution < -0.4 is 10.2 Å². The topological polar surface area (TPSA) is 79.9 Å². The van der Waals surface area contributed by atoms with Crippen LogP contribution in [0.25, 0.3) is 0 Å². The molecule has 1 rings (SSSR count). The maximum atomic E-state index is 12.7. The highest BCUT2D eigenvalue weighted by atomic mass is 19.1. The Labute approximate surface area is 110 Å². The molecule has 0 aliphatic rings. The molecule has 0 spiro atoms. The van der Waals surface area contributed by atoms with Gasteiger partial charge in [0.15, 0.2) is 0 Å². The van der Waals surface area contributed by atoms with Crippen LogP contribution in [0.3, 0.4) is 0 Å². The molecule has 5 nitrogen and oxygen atoms in total. The quantitative estimate of drug-likeness (QED) is 0.474. The SMILES string of the molecule is N#CC(C#N)=CNCCN(C=O)c1ccc(F)cc1. The Bertz CT molecular complexity index is 523. The molecule has 0 saturated carbocycles. The molecule has 1 amide bonds. The number of rotatable bonds is 6. The first-order chi connectivity index (χ1) is 9.21. The van der Waals surface area contributed by atoms with Gasteiger partial charge < -0.3 is 10.2 Å². The molecule has 1 aromatic rings. The van der Waals surface area contributed by atoms with Gasteiger partial charge in [-0.2, -0.15) is 10.5 Å². The van der Waals surface area contributed by atoms with Crippen molar-refractivity contribution in [2.75, 3.05) is 18.0 Å². The van der Waals surface area contributed by atoms with Crippen molar-refractivity contribution in [2.45, 2.75) is 0 Å². The summed E-state index contributed by atoms with van der Waals surface area (Å²) in [5, 5.41) is 19.8. The van der Waals surface area contributed by atoms with E-state index in [0.29, 0.717) is 25.2 Å². The lowest BCUT2D eigenvalue weighted by atomic mass is 10.3. The summed E-state index contributed by atoms with van der Waals surface area (Å²) in [6.07, 6.45) is 1.92. The number of nitriles is 2. The van der Waals surface area contributed by atoms with E-state index in [1.807, 2.05) is 0 Å². The predicted octanol–water partition coefficient (Wildman–Crippen LogP) is 1.31. The standard InChI is InChI=1S/C13H11FN4O/c14-12-1-3-13(4-2-12)18(10-19)6-5-17-9-11(7-15)8-16/h1-4,9-10,17H,5-6H2. The molecule has 0 bridgehead atoms. The van der Waals surface area contributed by atoms with Crippen molar-refractivity contribution in [3.05, 3.63) is 41.9 Å². The first-order valence-electron chi connectivity index (χ1n) is 5.42. The molecule has 0 aliphatic carbocycles. The van der Waals surface area contributed by atoms with Crippen molar-refractivity contribution in [2.24, 2.45) is 0 Å². The zero-order chi connectivity index (χ0) is 14.1. The van der Waals surface area contributed by atoms with Crippen LogP contribution in [0, 0.1) is 28.5 Å². The molecule has 0 heterocycles. The van der Waals surface area contributed by atoms with Crippen LogP contribution in [-0.2, 0) is 4.79 Å². The molecule has 6 heteroatoms. The third-order valence-corrected chi connectivity index (χ3v) is 2.27. The highest BCUT2D eigenvalue weighted by Crippen LogP contribution is 2.12. The van der Waals surface area contributed by atoms with E-state index >= 15 is 0 Å². The highest BCUT2D eigenvalue weighted by molar-refractivity contribution is 5.74. The molecule has 1 N–H and O–H groups in total. The van der Waals surface area contributed by atoms with Gasteiger partial charge in [0.2, 0.25) is 6.41 Å². The smallest absolute Gasteiger partial charge is 0.214 e. The molecule has 1 aromatic carbocycles. The lowest BCUT2D eigenvalue weighted by Crippen LogP contribution is -2.29. The third kappa shape index (κ3) is 4.49. The van der Waals surface area contributed by atoms with Crippen molar-refractivity contribution in [3.8, 4) is 12.1 Å². The zero-order valence-corrected chi connectivity index (χ0v) is 10.0. The van der Waals surface area contributed by atoms with E-state index in [0.717, 1.165) is 0 Å². The van der Waals surface area contributed by atoms with E-state index in [2.05, 4.69) is 5.32 Å². The second-order valence-corrected chi connectivity index (χ2v) is 3.51. The third-order valence-electron chi connectivity index (χ3n) is 2.27. The lowest BCUT2D eigenvalue weighted by molar-refractivity contribution is -0.107. The van der Waals surface area contributed by atoms with Crippen LogP contribution in [0.2, 0.25) is 0 Å². The van der Waals surface area contributed by atoms with E-state index in [-0.39, 0.29) is 11.4 Å². The van der Waals surface area contributed by atoms with Crippen LogP contribution in [0.5, 0.6) is 0 Å². The fourth-order valence-corrected chi connectivity index (χ4v) is 1.32. The number of amides is 1. The van der Waals surface area contributed by atoms with Gasteiger partial charge in [0, 0.05) is 25.0 Å². The fraction of sp³-hybridized carbons (Fsp3) is 0.154. The van der Waals surface area contributed by atoms with Gasteiger partial charge in [-0.3, -0.25) is 4.79 Å². The van der Waals surface area contributed by atoms with Crippen molar-refractivity contribution >= 4 is 12.1 Å². The first kappa shape index (κ1) is 14.2. The number of halogens is 1. The Morgan fingerprint density at radius 1 is 1.32 bits per heavy atom. The fourth-order valence-electron chi connectivity index (χ4n) is 1.32. The van der Waals surface area contributed by atoms with Gasteiger partial charge in [0.25, 0.3) is 0 Å². The molecule has 96 valence electrons. The minimum Gasteiger partial charge on any atom is -0.387 e. The average Bonchev–Trinajstić information content (AvgIpc) is 2.44. The minimum atomic E-state index is -0.372. The number of anilines is 1. The normalized spacial score (nSPS) is 8.79. The molecule has 0 aliphatic heterocycles. The van der Waals surface area contributed by atoms with Gasteiger partial charge >= 0.3 is 0 Å². The van der Waals surface area contributed by atoms with Crippen LogP contribution >= 0.6 is 0 Å². The Morgan fingerprint density at radius 2 is 1.95 bits per heavy atom. The van der Waals surface area contributed by atoms with Crippen LogP contribution in [0.4, 0.5) is 10.1 Å². The Morgan fingerprint density at radius 3 is 2.47 bits per heavy atom. The Balaban J connectivity index is 2.53. The summed E-state index contributed by atoms with van der Waals surface area (Å²) in [6.45, 7) is 0.693. The molecule has 0 aromatic heterocycles. The van der Waals surface area contributed by atoms with E-state index in [4.69, 9.17) is 10.5 Å². The monoisotopic (exact) mass is 258 g/mol. The van der Waals surface area contributed by atoms with Gasteiger partial charge in [0.05, 0.1) is 0 Å². The second-order valence-electron chi connectivity index (χ2n) is 3.51. The second kappa shape index (κ2) is 7.46. The summed E-state index contributed by atoms with van der Waals surface area (Å²) in [4.78, 5) is 12.3.